The molecule has 0 radical (unpaired) electrons. The number of carbonyl (C=O) groups is 1. The minimum atomic E-state index is -3.73. The van der Waals surface area contributed by atoms with Gasteiger partial charge in [0.2, 0.25) is 15.9 Å². The van der Waals surface area contributed by atoms with Crippen LogP contribution in [0.1, 0.15) is 32.6 Å². The Morgan fingerprint density at radius 2 is 1.68 bits per heavy atom. The highest BCUT2D eigenvalue weighted by Gasteiger charge is 2.26. The Balaban J connectivity index is 2.04. The molecule has 0 aliphatic carbocycles. The summed E-state index contributed by atoms with van der Waals surface area (Å²) in [6.07, 6.45) is 4.19. The van der Waals surface area contributed by atoms with Gasteiger partial charge in [-0.25, -0.2) is 8.42 Å². The summed E-state index contributed by atoms with van der Waals surface area (Å²) in [5, 5.41) is 0.465. The first-order valence-electron chi connectivity index (χ1n) is 7.47. The molecule has 1 aromatic carbocycles. The molecule has 1 fully saturated rings. The SMILES string of the molecule is C[C@H](NS(=O)(=O)c1ccc(Cl)cc1)C(=O)N1CCCCCC1. The maximum atomic E-state index is 12.4. The molecule has 122 valence electrons. The number of nitrogens with one attached hydrogen (secondary N) is 1. The maximum absolute atomic E-state index is 12.4. The van der Waals surface area contributed by atoms with E-state index in [2.05, 4.69) is 4.72 Å². The van der Waals surface area contributed by atoms with E-state index in [-0.39, 0.29) is 10.8 Å². The van der Waals surface area contributed by atoms with Crippen molar-refractivity contribution in [2.24, 2.45) is 0 Å². The molecule has 1 saturated heterocycles. The number of hydrogen-bond acceptors (Lipinski definition) is 3. The molecule has 2 rings (SSSR count). The molecule has 0 saturated carbocycles. The monoisotopic (exact) mass is 344 g/mol. The average molecular weight is 345 g/mol. The number of nitrogens with zero attached hydrogens (tertiary/aromatic N) is 1. The van der Waals surface area contributed by atoms with E-state index in [9.17, 15) is 13.2 Å². The number of rotatable bonds is 4. The first-order valence-corrected chi connectivity index (χ1v) is 9.33. The summed E-state index contributed by atoms with van der Waals surface area (Å²) >= 11 is 5.76. The van der Waals surface area contributed by atoms with Crippen molar-refractivity contribution in [1.29, 1.82) is 0 Å². The third-order valence-corrected chi connectivity index (χ3v) is 5.55. The van der Waals surface area contributed by atoms with E-state index in [1.54, 1.807) is 11.8 Å². The van der Waals surface area contributed by atoms with Gasteiger partial charge in [-0.3, -0.25) is 4.79 Å². The number of amides is 1. The van der Waals surface area contributed by atoms with Gasteiger partial charge >= 0.3 is 0 Å². The molecule has 0 spiro atoms. The van der Waals surface area contributed by atoms with Crippen molar-refractivity contribution in [3.63, 3.8) is 0 Å². The first-order chi connectivity index (χ1) is 10.4. The van der Waals surface area contributed by atoms with Gasteiger partial charge in [-0.1, -0.05) is 24.4 Å². The van der Waals surface area contributed by atoms with E-state index in [4.69, 9.17) is 11.6 Å². The largest absolute Gasteiger partial charge is 0.341 e. The van der Waals surface area contributed by atoms with Crippen LogP contribution in [0.3, 0.4) is 0 Å². The summed E-state index contributed by atoms with van der Waals surface area (Å²) in [6, 6.07) is 5.09. The van der Waals surface area contributed by atoms with Crippen molar-refractivity contribution >= 4 is 27.5 Å². The summed E-state index contributed by atoms with van der Waals surface area (Å²) in [7, 11) is -3.73. The molecular formula is C15H21ClN2O3S. The molecule has 7 heteroatoms. The standard InChI is InChI=1S/C15H21ClN2O3S/c1-12(15(19)18-10-4-2-3-5-11-18)17-22(20,21)14-8-6-13(16)7-9-14/h6-9,12,17H,2-5,10-11H2,1H3/t12-/m0/s1. The van der Waals surface area contributed by atoms with Crippen LogP contribution in [0.4, 0.5) is 0 Å². The molecule has 5 nitrogen and oxygen atoms in total. The highest BCUT2D eigenvalue weighted by atomic mass is 35.5. The van der Waals surface area contributed by atoms with E-state index in [0.717, 1.165) is 25.7 Å². The van der Waals surface area contributed by atoms with Crippen LogP contribution in [-0.4, -0.2) is 38.4 Å². The Labute approximate surface area is 136 Å². The van der Waals surface area contributed by atoms with Crippen LogP contribution in [0.25, 0.3) is 0 Å². The van der Waals surface area contributed by atoms with Crippen LogP contribution in [0, 0.1) is 0 Å². The summed E-state index contributed by atoms with van der Waals surface area (Å²) in [6.45, 7) is 2.98. The van der Waals surface area contributed by atoms with Gasteiger partial charge in [-0.2, -0.15) is 4.72 Å². The Morgan fingerprint density at radius 3 is 2.23 bits per heavy atom. The molecule has 1 aliphatic rings. The second-order valence-corrected chi connectivity index (χ2v) is 7.69. The summed E-state index contributed by atoms with van der Waals surface area (Å²) < 4.78 is 27.0. The minimum Gasteiger partial charge on any atom is -0.341 e. The summed E-state index contributed by atoms with van der Waals surface area (Å²) in [4.78, 5) is 14.2. The highest BCUT2D eigenvalue weighted by molar-refractivity contribution is 7.89. The zero-order valence-corrected chi connectivity index (χ0v) is 14.2. The van der Waals surface area contributed by atoms with E-state index in [0.29, 0.717) is 18.1 Å². The second kappa shape index (κ2) is 7.44. The lowest BCUT2D eigenvalue weighted by atomic mass is 10.2. The Bertz CT molecular complexity index is 608. The summed E-state index contributed by atoms with van der Waals surface area (Å²) in [5.74, 6) is -0.167. The van der Waals surface area contributed by atoms with Crippen LogP contribution in [0.15, 0.2) is 29.2 Å². The van der Waals surface area contributed by atoms with E-state index >= 15 is 0 Å². The van der Waals surface area contributed by atoms with Crippen molar-refractivity contribution in [2.45, 2.75) is 43.5 Å². The van der Waals surface area contributed by atoms with Gasteiger partial charge in [0.25, 0.3) is 0 Å². The lowest BCUT2D eigenvalue weighted by Crippen LogP contribution is -2.47. The molecule has 1 atom stereocenters. The number of sulfonamides is 1. The summed E-state index contributed by atoms with van der Waals surface area (Å²) in [5.41, 5.74) is 0. The van der Waals surface area contributed by atoms with Crippen LogP contribution in [-0.2, 0) is 14.8 Å². The molecule has 0 bridgehead atoms. The van der Waals surface area contributed by atoms with Crippen molar-refractivity contribution in [3.8, 4) is 0 Å². The fourth-order valence-corrected chi connectivity index (χ4v) is 3.85. The van der Waals surface area contributed by atoms with Gasteiger partial charge in [0.15, 0.2) is 0 Å². The molecule has 22 heavy (non-hydrogen) atoms. The van der Waals surface area contributed by atoms with Crippen LogP contribution in [0.2, 0.25) is 5.02 Å². The number of likely N-dealkylation sites (tertiary alicyclic amines) is 1. The maximum Gasteiger partial charge on any atom is 0.241 e. The first kappa shape index (κ1) is 17.2. The Kier molecular flexibility index (Phi) is 5.83. The van der Waals surface area contributed by atoms with Gasteiger partial charge in [-0.15, -0.1) is 0 Å². The Morgan fingerprint density at radius 1 is 1.14 bits per heavy atom. The fraction of sp³-hybridized carbons (Fsp3) is 0.533. The van der Waals surface area contributed by atoms with Crippen LogP contribution in [0.5, 0.6) is 0 Å². The van der Waals surface area contributed by atoms with Gasteiger partial charge in [-0.05, 0) is 44.0 Å². The number of benzene rings is 1. The third-order valence-electron chi connectivity index (χ3n) is 3.74. The molecule has 0 aromatic heterocycles. The molecular weight excluding hydrogens is 324 g/mol. The number of hydrogen-bond donors (Lipinski definition) is 1. The average Bonchev–Trinajstić information content (AvgIpc) is 2.75. The van der Waals surface area contributed by atoms with Gasteiger partial charge < -0.3 is 4.90 Å². The van der Waals surface area contributed by atoms with Crippen molar-refractivity contribution in [1.82, 2.24) is 9.62 Å². The minimum absolute atomic E-state index is 0.104. The normalized spacial score (nSPS) is 17.8. The van der Waals surface area contributed by atoms with E-state index < -0.39 is 16.1 Å². The molecule has 1 aromatic rings. The smallest absolute Gasteiger partial charge is 0.241 e. The molecule has 1 heterocycles. The fourth-order valence-electron chi connectivity index (χ4n) is 2.53. The quantitative estimate of drug-likeness (QED) is 0.912. The Hall–Kier alpha value is -1.11. The van der Waals surface area contributed by atoms with Crippen molar-refractivity contribution < 1.29 is 13.2 Å². The molecule has 1 aliphatic heterocycles. The van der Waals surface area contributed by atoms with Gasteiger partial charge in [0.05, 0.1) is 10.9 Å². The van der Waals surface area contributed by atoms with E-state index in [1.807, 2.05) is 0 Å². The van der Waals surface area contributed by atoms with Crippen LogP contribution >= 0.6 is 11.6 Å². The van der Waals surface area contributed by atoms with Gasteiger partial charge in [0, 0.05) is 18.1 Å². The predicted octanol–water partition coefficient (Wildman–Crippen LogP) is 2.41. The van der Waals surface area contributed by atoms with E-state index in [1.165, 1.54) is 24.3 Å². The van der Waals surface area contributed by atoms with Gasteiger partial charge in [0.1, 0.15) is 0 Å². The third kappa shape index (κ3) is 4.44. The lowest BCUT2D eigenvalue weighted by molar-refractivity contribution is -0.132. The number of carbonyl (C=O) groups excluding carboxylic acids is 1. The highest BCUT2D eigenvalue weighted by Crippen LogP contribution is 2.15. The lowest BCUT2D eigenvalue weighted by Gasteiger charge is -2.24. The number of halogens is 1. The van der Waals surface area contributed by atoms with Crippen molar-refractivity contribution in [2.75, 3.05) is 13.1 Å². The molecule has 0 unspecified atom stereocenters. The molecule has 1 amide bonds. The zero-order valence-electron chi connectivity index (χ0n) is 12.6. The topological polar surface area (TPSA) is 66.5 Å². The zero-order chi connectivity index (χ0) is 16.2. The second-order valence-electron chi connectivity index (χ2n) is 5.54. The molecule has 1 N–H and O–H groups in total. The predicted molar refractivity (Wildman–Crippen MR) is 86.3 cm³/mol. The van der Waals surface area contributed by atoms with Crippen LogP contribution < -0.4 is 4.72 Å². The van der Waals surface area contributed by atoms with Crippen molar-refractivity contribution in [3.05, 3.63) is 29.3 Å².